The molecule has 1 aliphatic rings. The van der Waals surface area contributed by atoms with E-state index in [4.69, 9.17) is 9.26 Å². The predicted octanol–water partition coefficient (Wildman–Crippen LogP) is 2.58. The van der Waals surface area contributed by atoms with Crippen LogP contribution >= 0.6 is 0 Å². The van der Waals surface area contributed by atoms with Crippen molar-refractivity contribution in [1.82, 2.24) is 5.16 Å². The van der Waals surface area contributed by atoms with Crippen LogP contribution in [-0.4, -0.2) is 18.2 Å². The molecule has 1 heterocycles. The Bertz CT molecular complexity index is 605. The number of aryl methyl sites for hydroxylation is 1. The van der Waals surface area contributed by atoms with E-state index in [1.165, 1.54) is 7.11 Å². The van der Waals surface area contributed by atoms with E-state index in [2.05, 4.69) is 5.16 Å². The van der Waals surface area contributed by atoms with Gasteiger partial charge in [0.05, 0.1) is 12.8 Å². The lowest BCUT2D eigenvalue weighted by atomic mass is 9.96. The van der Waals surface area contributed by atoms with Crippen molar-refractivity contribution >= 4 is 5.97 Å². The maximum Gasteiger partial charge on any atom is 0.320 e. The maximum absolute atomic E-state index is 12.2. The zero-order valence-corrected chi connectivity index (χ0v) is 10.9. The summed E-state index contributed by atoms with van der Waals surface area (Å²) in [5.74, 6) is 0.455. The van der Waals surface area contributed by atoms with Crippen molar-refractivity contribution in [2.45, 2.75) is 24.7 Å². The second kappa shape index (κ2) is 4.23. The molecule has 0 bridgehead atoms. The van der Waals surface area contributed by atoms with Crippen molar-refractivity contribution in [3.8, 4) is 0 Å². The third kappa shape index (κ3) is 1.75. The summed E-state index contributed by atoms with van der Waals surface area (Å²) >= 11 is 0. The second-order valence-electron chi connectivity index (χ2n) is 4.96. The van der Waals surface area contributed by atoms with E-state index in [0.29, 0.717) is 12.2 Å². The van der Waals surface area contributed by atoms with Gasteiger partial charge in [0.25, 0.3) is 0 Å². The minimum absolute atomic E-state index is 0.105. The van der Waals surface area contributed by atoms with Gasteiger partial charge in [-0.25, -0.2) is 0 Å². The van der Waals surface area contributed by atoms with Gasteiger partial charge in [-0.15, -0.1) is 0 Å². The molecule has 0 spiro atoms. The molecule has 0 N–H and O–H groups in total. The van der Waals surface area contributed by atoms with Crippen molar-refractivity contribution in [2.24, 2.45) is 0 Å². The number of ether oxygens (including phenoxy) is 1. The molecule has 2 atom stereocenters. The van der Waals surface area contributed by atoms with Crippen molar-refractivity contribution in [1.29, 1.82) is 0 Å². The van der Waals surface area contributed by atoms with Crippen LogP contribution in [0.15, 0.2) is 40.9 Å². The SMILES string of the molecule is COC(=O)[C@]1(c2cc(C)no2)C[C@H]1c1ccccc1. The largest absolute Gasteiger partial charge is 0.468 e. The first-order valence-electron chi connectivity index (χ1n) is 6.25. The van der Waals surface area contributed by atoms with E-state index in [1.807, 2.05) is 43.3 Å². The van der Waals surface area contributed by atoms with E-state index < -0.39 is 5.41 Å². The van der Waals surface area contributed by atoms with E-state index >= 15 is 0 Å². The average molecular weight is 257 g/mol. The van der Waals surface area contributed by atoms with E-state index in [9.17, 15) is 4.79 Å². The van der Waals surface area contributed by atoms with Crippen LogP contribution in [0, 0.1) is 6.92 Å². The first kappa shape index (κ1) is 12.0. The summed E-state index contributed by atoms with van der Waals surface area (Å²) in [5, 5.41) is 3.88. The molecule has 0 aliphatic heterocycles. The third-order valence-electron chi connectivity index (χ3n) is 3.78. The van der Waals surface area contributed by atoms with Gasteiger partial charge in [-0.2, -0.15) is 0 Å². The van der Waals surface area contributed by atoms with Crippen molar-refractivity contribution in [2.75, 3.05) is 7.11 Å². The van der Waals surface area contributed by atoms with E-state index in [1.54, 1.807) is 0 Å². The molecule has 1 saturated carbocycles. The van der Waals surface area contributed by atoms with E-state index in [-0.39, 0.29) is 11.9 Å². The molecule has 1 fully saturated rings. The molecule has 4 heteroatoms. The second-order valence-corrected chi connectivity index (χ2v) is 4.96. The lowest BCUT2D eigenvalue weighted by molar-refractivity contribution is -0.144. The first-order chi connectivity index (χ1) is 9.18. The van der Waals surface area contributed by atoms with Crippen LogP contribution in [0.25, 0.3) is 0 Å². The number of esters is 1. The molecule has 4 nitrogen and oxygen atoms in total. The minimum atomic E-state index is -0.697. The highest BCUT2D eigenvalue weighted by Gasteiger charge is 2.65. The molecule has 0 unspecified atom stereocenters. The van der Waals surface area contributed by atoms with E-state index in [0.717, 1.165) is 11.3 Å². The van der Waals surface area contributed by atoms with Gasteiger partial charge in [0, 0.05) is 12.0 Å². The molecule has 1 aromatic carbocycles. The Balaban J connectivity index is 2.01. The first-order valence-corrected chi connectivity index (χ1v) is 6.25. The summed E-state index contributed by atoms with van der Waals surface area (Å²) in [5.41, 5.74) is 1.20. The summed E-state index contributed by atoms with van der Waals surface area (Å²) in [6.07, 6.45) is 0.707. The van der Waals surface area contributed by atoms with Crippen LogP contribution in [0.4, 0.5) is 0 Å². The Kier molecular flexibility index (Phi) is 2.66. The normalized spacial score (nSPS) is 25.1. The van der Waals surface area contributed by atoms with Crippen LogP contribution in [-0.2, 0) is 14.9 Å². The topological polar surface area (TPSA) is 52.3 Å². The van der Waals surface area contributed by atoms with Gasteiger partial charge in [-0.3, -0.25) is 4.79 Å². The molecular weight excluding hydrogens is 242 g/mol. The van der Waals surface area contributed by atoms with Crippen LogP contribution in [0.3, 0.4) is 0 Å². The summed E-state index contributed by atoms with van der Waals surface area (Å²) in [4.78, 5) is 12.2. The fourth-order valence-corrected chi connectivity index (χ4v) is 2.71. The molecule has 0 amide bonds. The maximum atomic E-state index is 12.2. The van der Waals surface area contributed by atoms with Crippen molar-refractivity contribution in [3.05, 3.63) is 53.4 Å². The van der Waals surface area contributed by atoms with Gasteiger partial charge in [-0.1, -0.05) is 35.5 Å². The van der Waals surface area contributed by atoms with Gasteiger partial charge >= 0.3 is 5.97 Å². The van der Waals surface area contributed by atoms with Crippen LogP contribution in [0.5, 0.6) is 0 Å². The molecule has 3 rings (SSSR count). The monoisotopic (exact) mass is 257 g/mol. The highest BCUT2D eigenvalue weighted by molar-refractivity contribution is 5.88. The zero-order chi connectivity index (χ0) is 13.5. The Morgan fingerprint density at radius 3 is 2.74 bits per heavy atom. The van der Waals surface area contributed by atoms with Gasteiger partial charge in [0.15, 0.2) is 5.76 Å². The number of carbonyl (C=O) groups excluding carboxylic acids is 1. The third-order valence-corrected chi connectivity index (χ3v) is 3.78. The number of benzene rings is 1. The molecule has 1 aromatic heterocycles. The number of hydrogen-bond donors (Lipinski definition) is 0. The Hall–Kier alpha value is -2.10. The molecule has 19 heavy (non-hydrogen) atoms. The molecule has 0 saturated heterocycles. The molecule has 98 valence electrons. The standard InChI is InChI=1S/C15H15NO3/c1-10-8-13(19-16-10)15(14(17)18-2)9-12(15)11-6-4-3-5-7-11/h3-8,12H,9H2,1-2H3/t12-,15+/m0/s1. The van der Waals surface area contributed by atoms with Crippen LogP contribution in [0.2, 0.25) is 0 Å². The van der Waals surface area contributed by atoms with Crippen LogP contribution in [0.1, 0.15) is 29.4 Å². The fraction of sp³-hybridized carbons (Fsp3) is 0.333. The number of rotatable bonds is 3. The Morgan fingerprint density at radius 1 is 1.42 bits per heavy atom. The molecule has 2 aromatic rings. The predicted molar refractivity (Wildman–Crippen MR) is 68.7 cm³/mol. The summed E-state index contributed by atoms with van der Waals surface area (Å²) < 4.78 is 10.3. The van der Waals surface area contributed by atoms with Gasteiger partial charge in [-0.05, 0) is 18.9 Å². The van der Waals surface area contributed by atoms with Crippen LogP contribution < -0.4 is 0 Å². The minimum Gasteiger partial charge on any atom is -0.468 e. The van der Waals surface area contributed by atoms with Gasteiger partial charge in [0.1, 0.15) is 5.41 Å². The number of aromatic nitrogens is 1. The van der Waals surface area contributed by atoms with Crippen molar-refractivity contribution < 1.29 is 14.1 Å². The highest BCUT2D eigenvalue weighted by Crippen LogP contribution is 2.61. The number of methoxy groups -OCH3 is 1. The van der Waals surface area contributed by atoms with Gasteiger partial charge in [0.2, 0.25) is 0 Å². The smallest absolute Gasteiger partial charge is 0.320 e. The summed E-state index contributed by atoms with van der Waals surface area (Å²) in [6, 6.07) is 11.8. The number of carbonyl (C=O) groups is 1. The average Bonchev–Trinajstić information content (AvgIpc) is 3.07. The summed E-state index contributed by atoms with van der Waals surface area (Å²) in [7, 11) is 1.41. The Morgan fingerprint density at radius 2 is 2.16 bits per heavy atom. The zero-order valence-electron chi connectivity index (χ0n) is 10.9. The molecule has 1 aliphatic carbocycles. The van der Waals surface area contributed by atoms with Gasteiger partial charge < -0.3 is 9.26 Å². The highest BCUT2D eigenvalue weighted by atomic mass is 16.5. The quantitative estimate of drug-likeness (QED) is 0.793. The fourth-order valence-electron chi connectivity index (χ4n) is 2.71. The lowest BCUT2D eigenvalue weighted by Gasteiger charge is -2.11. The molecule has 0 radical (unpaired) electrons. The number of hydrogen-bond acceptors (Lipinski definition) is 4. The summed E-state index contributed by atoms with van der Waals surface area (Å²) in [6.45, 7) is 1.85. The Labute approximate surface area is 111 Å². The molecular formula is C15H15NO3. The number of nitrogens with zero attached hydrogens (tertiary/aromatic N) is 1. The van der Waals surface area contributed by atoms with Crippen molar-refractivity contribution in [3.63, 3.8) is 0 Å². The lowest BCUT2D eigenvalue weighted by Crippen LogP contribution is -2.23.